The van der Waals surface area contributed by atoms with Crippen LogP contribution in [0.15, 0.2) is 16.8 Å². The van der Waals surface area contributed by atoms with E-state index in [0.29, 0.717) is 4.77 Å². The van der Waals surface area contributed by atoms with Crippen LogP contribution in [0.25, 0.3) is 16.9 Å². The highest BCUT2D eigenvalue weighted by molar-refractivity contribution is 7.71. The third kappa shape index (κ3) is 1.20. The van der Waals surface area contributed by atoms with Crippen LogP contribution in [0.3, 0.4) is 0 Å². The summed E-state index contributed by atoms with van der Waals surface area (Å²) in [4.78, 5) is 3.20. The van der Waals surface area contributed by atoms with Crippen LogP contribution in [0.5, 0.6) is 0 Å². The molecule has 0 fully saturated rings. The fourth-order valence-corrected chi connectivity index (χ4v) is 2.85. The van der Waals surface area contributed by atoms with E-state index in [-0.39, 0.29) is 0 Å². The molecule has 3 aromatic rings. The van der Waals surface area contributed by atoms with Gasteiger partial charge in [0.05, 0.1) is 11.4 Å². The Morgan fingerprint density at radius 2 is 2.31 bits per heavy atom. The third-order valence-electron chi connectivity index (χ3n) is 2.60. The quantitative estimate of drug-likeness (QED) is 0.674. The zero-order valence-electron chi connectivity index (χ0n) is 8.89. The average Bonchev–Trinajstić information content (AvgIpc) is 2.87. The van der Waals surface area contributed by atoms with E-state index in [1.54, 1.807) is 11.3 Å². The maximum atomic E-state index is 5.34. The maximum Gasteiger partial charge on any atom is 0.184 e. The molecule has 16 heavy (non-hydrogen) atoms. The van der Waals surface area contributed by atoms with Gasteiger partial charge >= 0.3 is 0 Å². The number of H-pyrrole nitrogens is 1. The number of fused-ring (bicyclic) bond motifs is 1. The van der Waals surface area contributed by atoms with Crippen LogP contribution in [0.4, 0.5) is 0 Å². The van der Waals surface area contributed by atoms with Gasteiger partial charge in [-0.05, 0) is 30.6 Å². The van der Waals surface area contributed by atoms with E-state index in [0.717, 1.165) is 22.5 Å². The van der Waals surface area contributed by atoms with Gasteiger partial charge in [-0.3, -0.25) is 4.57 Å². The lowest BCUT2D eigenvalue weighted by Gasteiger charge is -2.00. The van der Waals surface area contributed by atoms with E-state index in [4.69, 9.17) is 12.2 Å². The minimum atomic E-state index is 0.713. The average molecular weight is 250 g/mol. The number of aromatic amines is 1. The Kier molecular flexibility index (Phi) is 2.02. The van der Waals surface area contributed by atoms with Crippen LogP contribution in [0, 0.1) is 11.7 Å². The highest BCUT2D eigenvalue weighted by atomic mass is 32.1. The Morgan fingerprint density at radius 1 is 1.50 bits per heavy atom. The predicted octanol–water partition coefficient (Wildman–Crippen LogP) is 2.79. The molecular formula is C10H10N4S2. The second-order valence-electron chi connectivity index (χ2n) is 3.65. The van der Waals surface area contributed by atoms with Crippen molar-refractivity contribution < 1.29 is 0 Å². The van der Waals surface area contributed by atoms with Crippen molar-refractivity contribution in [2.45, 2.75) is 6.92 Å². The molecule has 0 aliphatic heterocycles. The second kappa shape index (κ2) is 3.29. The Labute approximate surface area is 101 Å². The number of nitrogens with one attached hydrogen (secondary N) is 1. The van der Waals surface area contributed by atoms with Gasteiger partial charge in [-0.1, -0.05) is 0 Å². The van der Waals surface area contributed by atoms with Crippen molar-refractivity contribution >= 4 is 34.7 Å². The molecule has 3 aromatic heterocycles. The summed E-state index contributed by atoms with van der Waals surface area (Å²) in [6, 6.07) is 2.05. The number of thiophene rings is 1. The minimum Gasteiger partial charge on any atom is -0.327 e. The molecule has 0 aliphatic rings. The smallest absolute Gasteiger partial charge is 0.184 e. The molecule has 0 atom stereocenters. The van der Waals surface area contributed by atoms with Crippen LogP contribution in [0.1, 0.15) is 5.69 Å². The summed E-state index contributed by atoms with van der Waals surface area (Å²) in [6.07, 6.45) is 0. The van der Waals surface area contributed by atoms with E-state index in [1.807, 2.05) is 28.6 Å². The molecule has 0 spiro atoms. The van der Waals surface area contributed by atoms with E-state index >= 15 is 0 Å². The first-order chi connectivity index (χ1) is 7.68. The van der Waals surface area contributed by atoms with E-state index < -0.39 is 0 Å². The lowest BCUT2D eigenvalue weighted by molar-refractivity contribution is 0.759. The molecule has 4 nitrogen and oxygen atoms in total. The molecule has 0 saturated carbocycles. The fraction of sp³-hybridized carbons (Fsp3) is 0.200. The SMILES string of the molecule is Cc1nn(C)c2c1[nH]c(=S)n2-c1ccsc1. The van der Waals surface area contributed by atoms with Gasteiger partial charge in [0.15, 0.2) is 10.4 Å². The zero-order valence-corrected chi connectivity index (χ0v) is 10.5. The van der Waals surface area contributed by atoms with Crippen molar-refractivity contribution in [3.8, 4) is 5.69 Å². The summed E-state index contributed by atoms with van der Waals surface area (Å²) in [7, 11) is 1.93. The molecule has 0 saturated heterocycles. The first-order valence-electron chi connectivity index (χ1n) is 4.85. The molecule has 0 aliphatic carbocycles. The van der Waals surface area contributed by atoms with E-state index in [2.05, 4.69) is 21.5 Å². The maximum absolute atomic E-state index is 5.34. The molecule has 0 bridgehead atoms. The summed E-state index contributed by atoms with van der Waals surface area (Å²) in [5.74, 6) is 0. The molecule has 0 amide bonds. The molecule has 0 unspecified atom stereocenters. The van der Waals surface area contributed by atoms with Gasteiger partial charge in [0.2, 0.25) is 0 Å². The summed E-state index contributed by atoms with van der Waals surface area (Å²) < 4.78 is 4.58. The largest absolute Gasteiger partial charge is 0.327 e. The van der Waals surface area contributed by atoms with Crippen LogP contribution in [-0.2, 0) is 7.05 Å². The van der Waals surface area contributed by atoms with Crippen LogP contribution >= 0.6 is 23.6 Å². The topological polar surface area (TPSA) is 38.5 Å². The highest BCUT2D eigenvalue weighted by Crippen LogP contribution is 2.22. The Hall–Kier alpha value is -1.40. The highest BCUT2D eigenvalue weighted by Gasteiger charge is 2.13. The molecule has 0 aromatic carbocycles. The minimum absolute atomic E-state index is 0.713. The number of nitrogens with zero attached hydrogens (tertiary/aromatic N) is 3. The first kappa shape index (κ1) is 9.80. The molecule has 1 N–H and O–H groups in total. The number of hydrogen-bond acceptors (Lipinski definition) is 3. The van der Waals surface area contributed by atoms with Crippen LogP contribution in [0.2, 0.25) is 0 Å². The third-order valence-corrected chi connectivity index (χ3v) is 3.56. The molecule has 82 valence electrons. The molecule has 6 heteroatoms. The van der Waals surface area contributed by atoms with Gasteiger partial charge < -0.3 is 4.98 Å². The van der Waals surface area contributed by atoms with Gasteiger partial charge in [0.1, 0.15) is 5.52 Å². The molecule has 3 rings (SSSR count). The second-order valence-corrected chi connectivity index (χ2v) is 4.82. The fourth-order valence-electron chi connectivity index (χ4n) is 1.93. The van der Waals surface area contributed by atoms with Gasteiger partial charge in [0, 0.05) is 12.4 Å². The van der Waals surface area contributed by atoms with E-state index in [9.17, 15) is 0 Å². The number of hydrogen-bond donors (Lipinski definition) is 1. The van der Waals surface area contributed by atoms with Crippen molar-refractivity contribution in [2.75, 3.05) is 0 Å². The summed E-state index contributed by atoms with van der Waals surface area (Å²) in [5.41, 5.74) is 4.08. The lowest BCUT2D eigenvalue weighted by Crippen LogP contribution is -1.99. The Morgan fingerprint density at radius 3 is 3.00 bits per heavy atom. The Balaban J connectivity index is 2.48. The standard InChI is InChI=1S/C10H10N4S2/c1-6-8-9(13(2)12-6)14(10(15)11-8)7-3-4-16-5-7/h3-5H,1-2H3,(H,11,15). The number of aryl methyl sites for hydroxylation is 2. The number of imidazole rings is 1. The zero-order chi connectivity index (χ0) is 11.3. The van der Waals surface area contributed by atoms with Gasteiger partial charge in [-0.25, -0.2) is 4.68 Å². The van der Waals surface area contributed by atoms with E-state index in [1.165, 1.54) is 0 Å². The molecule has 3 heterocycles. The van der Waals surface area contributed by atoms with Gasteiger partial charge in [-0.15, -0.1) is 0 Å². The van der Waals surface area contributed by atoms with Crippen LogP contribution < -0.4 is 0 Å². The summed E-state index contributed by atoms with van der Waals surface area (Å²) >= 11 is 7.00. The molecular weight excluding hydrogens is 240 g/mol. The number of aromatic nitrogens is 4. The van der Waals surface area contributed by atoms with Crippen molar-refractivity contribution in [2.24, 2.45) is 7.05 Å². The molecule has 0 radical (unpaired) electrons. The summed E-state index contributed by atoms with van der Waals surface area (Å²) in [5, 5.41) is 8.50. The first-order valence-corrected chi connectivity index (χ1v) is 6.20. The van der Waals surface area contributed by atoms with Gasteiger partial charge in [0.25, 0.3) is 0 Å². The summed E-state index contributed by atoms with van der Waals surface area (Å²) in [6.45, 7) is 1.98. The van der Waals surface area contributed by atoms with Crippen molar-refractivity contribution in [1.29, 1.82) is 0 Å². The van der Waals surface area contributed by atoms with Crippen molar-refractivity contribution in [3.63, 3.8) is 0 Å². The predicted molar refractivity (Wildman–Crippen MR) is 67.8 cm³/mol. The van der Waals surface area contributed by atoms with Gasteiger partial charge in [-0.2, -0.15) is 16.4 Å². The van der Waals surface area contributed by atoms with Crippen LogP contribution in [-0.4, -0.2) is 19.3 Å². The lowest BCUT2D eigenvalue weighted by atomic mass is 10.4. The monoisotopic (exact) mass is 250 g/mol. The number of rotatable bonds is 1. The normalized spacial score (nSPS) is 11.4. The van der Waals surface area contributed by atoms with Crippen molar-refractivity contribution in [3.05, 3.63) is 27.3 Å². The Bertz CT molecular complexity index is 699. The van der Waals surface area contributed by atoms with Crippen molar-refractivity contribution in [1.82, 2.24) is 19.3 Å².